The molecule has 0 saturated heterocycles. The Morgan fingerprint density at radius 1 is 1.69 bits per heavy atom. The highest BCUT2D eigenvalue weighted by Gasteiger charge is 2.08. The summed E-state index contributed by atoms with van der Waals surface area (Å²) < 4.78 is 4.97. The van der Waals surface area contributed by atoms with Crippen LogP contribution in [-0.4, -0.2) is 11.0 Å². The van der Waals surface area contributed by atoms with E-state index >= 15 is 0 Å². The molecule has 0 aliphatic rings. The quantitative estimate of drug-likeness (QED) is 0.569. The van der Waals surface area contributed by atoms with Crippen molar-refractivity contribution >= 4 is 5.97 Å². The van der Waals surface area contributed by atoms with Gasteiger partial charge < -0.3 is 9.72 Å². The maximum absolute atomic E-state index is 11.3. The Labute approximate surface area is 77.4 Å². The number of aromatic nitrogens is 1. The summed E-state index contributed by atoms with van der Waals surface area (Å²) >= 11 is 0. The molecule has 0 aromatic carbocycles. The lowest BCUT2D eigenvalue weighted by Crippen LogP contribution is -2.10. The Morgan fingerprint density at radius 2 is 2.46 bits per heavy atom. The van der Waals surface area contributed by atoms with Crippen molar-refractivity contribution in [2.45, 2.75) is 19.8 Å². The second kappa shape index (κ2) is 4.50. The predicted molar refractivity (Wildman–Crippen MR) is 50.5 cm³/mol. The zero-order chi connectivity index (χ0) is 9.68. The van der Waals surface area contributed by atoms with Crippen LogP contribution in [0.15, 0.2) is 30.5 Å². The van der Waals surface area contributed by atoms with Crippen LogP contribution in [-0.2, 0) is 4.79 Å². The molecule has 0 aliphatic carbocycles. The van der Waals surface area contributed by atoms with Gasteiger partial charge in [0.15, 0.2) is 0 Å². The SMILES string of the molecule is C=C(CCC)C(=O)Oc1ccc[nH]1. The normalized spacial score (nSPS) is 9.62. The first-order valence-electron chi connectivity index (χ1n) is 4.27. The fraction of sp³-hybridized carbons (Fsp3) is 0.300. The Morgan fingerprint density at radius 3 is 3.00 bits per heavy atom. The van der Waals surface area contributed by atoms with Crippen molar-refractivity contribution in [1.82, 2.24) is 4.98 Å². The summed E-state index contributed by atoms with van der Waals surface area (Å²) in [5.41, 5.74) is 0.511. The van der Waals surface area contributed by atoms with Crippen molar-refractivity contribution in [3.8, 4) is 5.88 Å². The van der Waals surface area contributed by atoms with Crippen LogP contribution in [0.1, 0.15) is 19.8 Å². The van der Waals surface area contributed by atoms with Crippen LogP contribution in [0.3, 0.4) is 0 Å². The van der Waals surface area contributed by atoms with Gasteiger partial charge in [-0.3, -0.25) is 0 Å². The first-order chi connectivity index (χ1) is 6.24. The number of esters is 1. The van der Waals surface area contributed by atoms with E-state index in [2.05, 4.69) is 11.6 Å². The summed E-state index contributed by atoms with van der Waals surface area (Å²) in [5, 5.41) is 0. The molecule has 0 atom stereocenters. The lowest BCUT2D eigenvalue weighted by Gasteiger charge is -2.02. The van der Waals surface area contributed by atoms with Gasteiger partial charge in [-0.2, -0.15) is 0 Å². The number of carbonyl (C=O) groups excluding carboxylic acids is 1. The molecule has 1 aromatic heterocycles. The highest BCUT2D eigenvalue weighted by Crippen LogP contribution is 2.09. The topological polar surface area (TPSA) is 42.1 Å². The molecule has 1 heterocycles. The highest BCUT2D eigenvalue weighted by atomic mass is 16.5. The molecule has 0 bridgehead atoms. The van der Waals surface area contributed by atoms with Crippen molar-refractivity contribution in [3.05, 3.63) is 30.5 Å². The van der Waals surface area contributed by atoms with Crippen LogP contribution in [0.2, 0.25) is 0 Å². The van der Waals surface area contributed by atoms with Gasteiger partial charge in [0.05, 0.1) is 0 Å². The van der Waals surface area contributed by atoms with Crippen LogP contribution in [0.4, 0.5) is 0 Å². The summed E-state index contributed by atoms with van der Waals surface area (Å²) in [6.45, 7) is 5.63. The van der Waals surface area contributed by atoms with Gasteiger partial charge in [0.2, 0.25) is 5.88 Å². The number of H-pyrrole nitrogens is 1. The second-order valence-corrected chi connectivity index (χ2v) is 2.78. The van der Waals surface area contributed by atoms with E-state index < -0.39 is 0 Å². The van der Waals surface area contributed by atoms with Crippen molar-refractivity contribution < 1.29 is 9.53 Å². The number of rotatable bonds is 4. The molecule has 70 valence electrons. The molecule has 3 nitrogen and oxygen atoms in total. The lowest BCUT2D eigenvalue weighted by atomic mass is 10.2. The fourth-order valence-electron chi connectivity index (χ4n) is 0.953. The number of carbonyl (C=O) groups is 1. The van der Waals surface area contributed by atoms with Crippen molar-refractivity contribution in [3.63, 3.8) is 0 Å². The first kappa shape index (κ1) is 9.58. The van der Waals surface area contributed by atoms with Gasteiger partial charge in [0, 0.05) is 17.8 Å². The molecule has 0 fully saturated rings. The van der Waals surface area contributed by atoms with E-state index in [1.807, 2.05) is 6.92 Å². The zero-order valence-electron chi connectivity index (χ0n) is 7.67. The number of aromatic amines is 1. The Balaban J connectivity index is 2.46. The predicted octanol–water partition coefficient (Wildman–Crippen LogP) is 2.28. The smallest absolute Gasteiger partial charge is 0.340 e. The highest BCUT2D eigenvalue weighted by molar-refractivity contribution is 5.89. The molecular weight excluding hydrogens is 166 g/mol. The largest absolute Gasteiger partial charge is 0.406 e. The minimum absolute atomic E-state index is 0.357. The van der Waals surface area contributed by atoms with Crippen LogP contribution in [0, 0.1) is 0 Å². The number of ether oxygens (including phenoxy) is 1. The number of hydrogen-bond donors (Lipinski definition) is 1. The second-order valence-electron chi connectivity index (χ2n) is 2.78. The molecule has 1 aromatic rings. The van der Waals surface area contributed by atoms with E-state index in [-0.39, 0.29) is 5.97 Å². The van der Waals surface area contributed by atoms with Gasteiger partial charge in [-0.25, -0.2) is 4.79 Å². The Kier molecular flexibility index (Phi) is 3.31. The summed E-state index contributed by atoms with van der Waals surface area (Å²) in [7, 11) is 0. The molecule has 0 unspecified atom stereocenters. The maximum Gasteiger partial charge on any atom is 0.340 e. The molecule has 3 heteroatoms. The standard InChI is InChI=1S/C10H13NO2/c1-3-5-8(2)10(12)13-9-6-4-7-11-9/h4,6-7,11H,2-3,5H2,1H3. The third-order valence-corrected chi connectivity index (χ3v) is 1.61. The van der Waals surface area contributed by atoms with Crippen molar-refractivity contribution in [1.29, 1.82) is 0 Å². The Hall–Kier alpha value is -1.51. The maximum atomic E-state index is 11.3. The van der Waals surface area contributed by atoms with E-state index in [9.17, 15) is 4.79 Å². The van der Waals surface area contributed by atoms with Gasteiger partial charge in [0.1, 0.15) is 0 Å². The molecule has 13 heavy (non-hydrogen) atoms. The summed E-state index contributed by atoms with van der Waals surface area (Å²) in [6.07, 6.45) is 3.28. The van der Waals surface area contributed by atoms with Gasteiger partial charge in [-0.15, -0.1) is 0 Å². The van der Waals surface area contributed by atoms with Crippen molar-refractivity contribution in [2.75, 3.05) is 0 Å². The third kappa shape index (κ3) is 2.78. The van der Waals surface area contributed by atoms with E-state index in [0.29, 0.717) is 17.9 Å². The van der Waals surface area contributed by atoms with Crippen LogP contribution in [0.5, 0.6) is 5.88 Å². The molecule has 1 N–H and O–H groups in total. The summed E-state index contributed by atoms with van der Waals surface area (Å²) in [5.74, 6) is 0.103. The molecule has 0 aliphatic heterocycles. The molecule has 0 radical (unpaired) electrons. The van der Waals surface area contributed by atoms with E-state index in [0.717, 1.165) is 6.42 Å². The molecule has 0 amide bonds. The molecule has 0 saturated carbocycles. The summed E-state index contributed by atoms with van der Waals surface area (Å²) in [6, 6.07) is 3.46. The van der Waals surface area contributed by atoms with E-state index in [4.69, 9.17) is 4.74 Å². The minimum Gasteiger partial charge on any atom is -0.406 e. The minimum atomic E-state index is -0.357. The van der Waals surface area contributed by atoms with Gasteiger partial charge in [-0.1, -0.05) is 19.9 Å². The van der Waals surface area contributed by atoms with Crippen LogP contribution >= 0.6 is 0 Å². The molecule has 1 rings (SSSR count). The fourth-order valence-corrected chi connectivity index (χ4v) is 0.953. The summed E-state index contributed by atoms with van der Waals surface area (Å²) in [4.78, 5) is 14.0. The lowest BCUT2D eigenvalue weighted by molar-refractivity contribution is -0.130. The monoisotopic (exact) mass is 179 g/mol. The third-order valence-electron chi connectivity index (χ3n) is 1.61. The van der Waals surface area contributed by atoms with Crippen LogP contribution in [0.25, 0.3) is 0 Å². The average molecular weight is 179 g/mol. The van der Waals surface area contributed by atoms with Gasteiger partial charge in [-0.05, 0) is 12.5 Å². The van der Waals surface area contributed by atoms with E-state index in [1.54, 1.807) is 18.3 Å². The van der Waals surface area contributed by atoms with E-state index in [1.165, 1.54) is 0 Å². The molecular formula is C10H13NO2. The number of nitrogens with one attached hydrogen (secondary N) is 1. The van der Waals surface area contributed by atoms with Crippen molar-refractivity contribution in [2.24, 2.45) is 0 Å². The zero-order valence-corrected chi connectivity index (χ0v) is 7.67. The molecule has 0 spiro atoms. The Bertz CT molecular complexity index is 288. The first-order valence-corrected chi connectivity index (χ1v) is 4.27. The number of hydrogen-bond acceptors (Lipinski definition) is 2. The van der Waals surface area contributed by atoms with Gasteiger partial charge in [0.25, 0.3) is 0 Å². The van der Waals surface area contributed by atoms with Crippen LogP contribution < -0.4 is 4.74 Å². The van der Waals surface area contributed by atoms with Gasteiger partial charge >= 0.3 is 5.97 Å². The average Bonchev–Trinajstić information content (AvgIpc) is 2.57.